The van der Waals surface area contributed by atoms with Crippen molar-refractivity contribution < 1.29 is 0 Å². The standard InChI is InChI=1S/C56H34N2.C42H26N2/c1-3-16-43-38(12-1)33-52(48-21-7-5-18-45(43)48)41-29-40(30-42(31-41)53-34-39-13-2-4-17-44(39)46-19-6-8-22-49(46)53)36-15-11-14-35(28-36)37-24-25-50-47-20-9-10-23-51(47)55-56(54(50)32-37)58-27-26-57-55;1-2-11-27(12-3-1)40-26-43-41-39-24-29(21-22-36(39)34-18-8-9-20-37(34)42(41)44-40)28-14-10-15-30(23-28)38-25-31-13-4-5-16-32(31)33-17-6-7-19-35(33)38/h1-34H;1-26H. The zero-order valence-electron chi connectivity index (χ0n) is 55.4. The molecule has 0 saturated heterocycles. The van der Waals surface area contributed by atoms with Crippen molar-refractivity contribution in [3.05, 3.63) is 364 Å². The second kappa shape index (κ2) is 24.2. The highest BCUT2D eigenvalue weighted by atomic mass is 14.8. The van der Waals surface area contributed by atoms with Crippen molar-refractivity contribution in [3.63, 3.8) is 0 Å². The summed E-state index contributed by atoms with van der Waals surface area (Å²) in [6.07, 6.45) is 5.49. The maximum absolute atomic E-state index is 5.17. The van der Waals surface area contributed by atoms with Gasteiger partial charge in [0.1, 0.15) is 0 Å². The Labute approximate surface area is 588 Å². The minimum atomic E-state index is 0.883. The van der Waals surface area contributed by atoms with Crippen LogP contribution in [0.1, 0.15) is 0 Å². The Balaban J connectivity index is 0.000000142. The lowest BCUT2D eigenvalue weighted by Gasteiger charge is -2.17. The van der Waals surface area contributed by atoms with E-state index in [4.69, 9.17) is 19.9 Å². The van der Waals surface area contributed by atoms with Crippen LogP contribution >= 0.6 is 0 Å². The molecule has 472 valence electrons. The van der Waals surface area contributed by atoms with Gasteiger partial charge in [-0.15, -0.1) is 0 Å². The first-order valence-corrected chi connectivity index (χ1v) is 34.9. The van der Waals surface area contributed by atoms with Gasteiger partial charge in [0.15, 0.2) is 0 Å². The van der Waals surface area contributed by atoms with Crippen molar-refractivity contribution in [2.75, 3.05) is 0 Å². The first kappa shape index (κ1) is 58.6. The molecule has 0 aliphatic heterocycles. The summed E-state index contributed by atoms with van der Waals surface area (Å²) in [5.41, 5.74) is 20.0. The normalized spacial score (nSPS) is 11.7. The number of aromatic nitrogens is 4. The SMILES string of the molecule is c1cc(-c2cc(-c3cc4ccccc4c4ccccc34)cc(-c3cc4ccccc4c4ccccc34)c2)cc(-c2ccc3c4ccccc4c4nccnc4c3c2)c1.c1ccc(-c2cnc3c4cc(-c5cccc(-c6cc7ccccc7c7ccccc67)c5)ccc4c4ccccc4c3n2)cc1. The van der Waals surface area contributed by atoms with Gasteiger partial charge in [0.2, 0.25) is 0 Å². The fourth-order valence-corrected chi connectivity index (χ4v) is 16.1. The summed E-state index contributed by atoms with van der Waals surface area (Å²) < 4.78 is 0. The van der Waals surface area contributed by atoms with Gasteiger partial charge in [-0.25, -0.2) is 4.98 Å². The molecular weight excluding hydrogens is 1230 g/mol. The largest absolute Gasteiger partial charge is 0.252 e. The molecule has 0 N–H and O–H groups in total. The van der Waals surface area contributed by atoms with Crippen LogP contribution in [-0.2, 0) is 0 Å². The van der Waals surface area contributed by atoms with Crippen LogP contribution in [0.5, 0.6) is 0 Å². The van der Waals surface area contributed by atoms with E-state index in [1.807, 2.05) is 24.4 Å². The molecule has 21 aromatic rings. The molecule has 0 atom stereocenters. The third-order valence-electron chi connectivity index (χ3n) is 20.9. The highest BCUT2D eigenvalue weighted by Gasteiger charge is 2.19. The third kappa shape index (κ3) is 9.91. The highest BCUT2D eigenvalue weighted by Crippen LogP contribution is 2.45. The van der Waals surface area contributed by atoms with E-state index in [0.29, 0.717) is 0 Å². The molecule has 0 aliphatic rings. The smallest absolute Gasteiger partial charge is 0.0979 e. The van der Waals surface area contributed by atoms with Crippen molar-refractivity contribution in [2.45, 2.75) is 0 Å². The van der Waals surface area contributed by atoms with Gasteiger partial charge >= 0.3 is 0 Å². The lowest BCUT2D eigenvalue weighted by Crippen LogP contribution is -1.92. The van der Waals surface area contributed by atoms with Gasteiger partial charge in [0, 0.05) is 39.5 Å². The molecule has 4 nitrogen and oxygen atoms in total. The molecule has 0 radical (unpaired) electrons. The van der Waals surface area contributed by atoms with Gasteiger partial charge in [-0.05, 0) is 214 Å². The van der Waals surface area contributed by atoms with E-state index in [0.717, 1.165) is 71.6 Å². The Bertz CT molecular complexity index is 6840. The van der Waals surface area contributed by atoms with Crippen LogP contribution in [0.3, 0.4) is 0 Å². The maximum atomic E-state index is 5.17. The van der Waals surface area contributed by atoms with Gasteiger partial charge in [0.05, 0.1) is 34.0 Å². The van der Waals surface area contributed by atoms with Crippen molar-refractivity contribution >= 4 is 130 Å². The van der Waals surface area contributed by atoms with E-state index in [2.05, 4.69) is 328 Å². The fourth-order valence-electron chi connectivity index (χ4n) is 16.1. The molecule has 102 heavy (non-hydrogen) atoms. The fraction of sp³-hybridized carbons (Fsp3) is 0. The second-order valence-corrected chi connectivity index (χ2v) is 26.7. The Morgan fingerprint density at radius 1 is 0.157 bits per heavy atom. The predicted octanol–water partition coefficient (Wildman–Crippen LogP) is 26.5. The Hall–Kier alpha value is -13.5. The maximum Gasteiger partial charge on any atom is 0.0979 e. The number of hydrogen-bond acceptors (Lipinski definition) is 4. The summed E-state index contributed by atoms with van der Waals surface area (Å²) in [4.78, 5) is 19.9. The van der Waals surface area contributed by atoms with E-state index < -0.39 is 0 Å². The molecule has 4 heteroatoms. The molecule has 2 heterocycles. The number of hydrogen-bond donors (Lipinski definition) is 0. The van der Waals surface area contributed by atoms with E-state index in [1.165, 1.54) is 136 Å². The van der Waals surface area contributed by atoms with Crippen molar-refractivity contribution in [2.24, 2.45) is 0 Å². The third-order valence-corrected chi connectivity index (χ3v) is 20.9. The Morgan fingerprint density at radius 3 is 0.941 bits per heavy atom. The topological polar surface area (TPSA) is 51.6 Å². The summed E-state index contributed by atoms with van der Waals surface area (Å²) >= 11 is 0. The van der Waals surface area contributed by atoms with Crippen molar-refractivity contribution in [3.8, 4) is 78.0 Å². The van der Waals surface area contributed by atoms with Gasteiger partial charge in [-0.1, -0.05) is 285 Å². The van der Waals surface area contributed by atoms with Gasteiger partial charge in [0.25, 0.3) is 0 Å². The average Bonchev–Trinajstić information content (AvgIpc) is 0.748. The predicted molar refractivity (Wildman–Crippen MR) is 432 cm³/mol. The van der Waals surface area contributed by atoms with Crippen molar-refractivity contribution in [1.82, 2.24) is 19.9 Å². The first-order valence-electron chi connectivity index (χ1n) is 34.9. The Kier molecular flexibility index (Phi) is 13.9. The van der Waals surface area contributed by atoms with Crippen molar-refractivity contribution in [1.29, 1.82) is 0 Å². The zero-order chi connectivity index (χ0) is 67.2. The highest BCUT2D eigenvalue weighted by molar-refractivity contribution is 6.26. The van der Waals surface area contributed by atoms with Gasteiger partial charge < -0.3 is 0 Å². The molecule has 0 amide bonds. The summed E-state index contributed by atoms with van der Waals surface area (Å²) in [6, 6.07) is 126. The number of benzene rings is 19. The molecule has 0 unspecified atom stereocenters. The van der Waals surface area contributed by atoms with E-state index in [1.54, 1.807) is 12.4 Å². The summed E-state index contributed by atoms with van der Waals surface area (Å²) in [7, 11) is 0. The molecule has 2 aromatic heterocycles. The van der Waals surface area contributed by atoms with Crippen LogP contribution in [0.15, 0.2) is 364 Å². The molecule has 0 fully saturated rings. The van der Waals surface area contributed by atoms with Crippen LogP contribution in [-0.4, -0.2) is 19.9 Å². The molecule has 0 saturated carbocycles. The molecular formula is C98H60N4. The van der Waals surface area contributed by atoms with Crippen LogP contribution in [0.25, 0.3) is 208 Å². The summed E-state index contributed by atoms with van der Waals surface area (Å²) in [5, 5.41) is 24.4. The monoisotopic (exact) mass is 1290 g/mol. The zero-order valence-corrected chi connectivity index (χ0v) is 55.4. The van der Waals surface area contributed by atoms with Gasteiger partial charge in [-0.3, -0.25) is 15.0 Å². The lowest BCUT2D eigenvalue weighted by molar-refractivity contribution is 1.31. The number of nitrogens with zero attached hydrogens (tertiary/aromatic N) is 4. The van der Waals surface area contributed by atoms with Crippen LogP contribution in [0, 0.1) is 0 Å². The summed E-state index contributed by atoms with van der Waals surface area (Å²) in [6.45, 7) is 0. The van der Waals surface area contributed by atoms with Crippen LogP contribution < -0.4 is 0 Å². The first-order chi connectivity index (χ1) is 50.6. The molecule has 0 aliphatic carbocycles. The lowest BCUT2D eigenvalue weighted by atomic mass is 9.87. The van der Waals surface area contributed by atoms with E-state index in [9.17, 15) is 0 Å². The molecule has 0 spiro atoms. The number of fused-ring (bicyclic) bond motifs is 21. The number of rotatable bonds is 7. The van der Waals surface area contributed by atoms with Crippen LogP contribution in [0.4, 0.5) is 0 Å². The van der Waals surface area contributed by atoms with Gasteiger partial charge in [-0.2, -0.15) is 0 Å². The molecule has 19 aromatic carbocycles. The van der Waals surface area contributed by atoms with E-state index >= 15 is 0 Å². The van der Waals surface area contributed by atoms with E-state index in [-0.39, 0.29) is 0 Å². The summed E-state index contributed by atoms with van der Waals surface area (Å²) in [5.74, 6) is 0. The van der Waals surface area contributed by atoms with Crippen LogP contribution in [0.2, 0.25) is 0 Å². The average molecular weight is 1290 g/mol. The quantitative estimate of drug-likeness (QED) is 0.149. The second-order valence-electron chi connectivity index (χ2n) is 26.7. The minimum Gasteiger partial charge on any atom is -0.252 e. The Morgan fingerprint density at radius 2 is 0.461 bits per heavy atom. The minimum absolute atomic E-state index is 0.883. The molecule has 0 bridgehead atoms. The molecule has 21 rings (SSSR count).